The molecule has 1 aromatic rings. The van der Waals surface area contributed by atoms with Crippen LogP contribution in [0.25, 0.3) is 0 Å². The van der Waals surface area contributed by atoms with E-state index in [0.717, 1.165) is 12.8 Å². The molecule has 126 valence electrons. The molecule has 0 bridgehead atoms. The second kappa shape index (κ2) is 10.5. The Morgan fingerprint density at radius 2 is 2.00 bits per heavy atom. The molecule has 0 aromatic carbocycles. The third kappa shape index (κ3) is 8.10. The molecule has 0 spiro atoms. The van der Waals surface area contributed by atoms with Crippen LogP contribution >= 0.6 is 11.3 Å². The van der Waals surface area contributed by atoms with Gasteiger partial charge in [0.05, 0.1) is 11.3 Å². The quantitative estimate of drug-likeness (QED) is 0.406. The van der Waals surface area contributed by atoms with E-state index in [-0.39, 0.29) is 18.6 Å². The first-order chi connectivity index (χ1) is 11.0. The van der Waals surface area contributed by atoms with Crippen LogP contribution in [-0.4, -0.2) is 36.8 Å². The molecule has 7 nitrogen and oxygen atoms in total. The van der Waals surface area contributed by atoms with Crippen LogP contribution < -0.4 is 10.6 Å². The second-order valence-electron chi connectivity index (χ2n) is 4.72. The summed E-state index contributed by atoms with van der Waals surface area (Å²) in [4.78, 5) is 46.4. The summed E-state index contributed by atoms with van der Waals surface area (Å²) in [6.45, 7) is 1.90. The molecule has 1 aromatic heterocycles. The summed E-state index contributed by atoms with van der Waals surface area (Å²) >= 11 is 1.31. The van der Waals surface area contributed by atoms with E-state index in [1.165, 1.54) is 11.3 Å². The molecule has 23 heavy (non-hydrogen) atoms. The second-order valence-corrected chi connectivity index (χ2v) is 5.67. The van der Waals surface area contributed by atoms with Crippen LogP contribution in [0.1, 0.15) is 42.3 Å². The first-order valence-electron chi connectivity index (χ1n) is 7.33. The number of nitrogens with one attached hydrogen (secondary N) is 2. The third-order valence-corrected chi connectivity index (χ3v) is 3.70. The summed E-state index contributed by atoms with van der Waals surface area (Å²) in [6.07, 6.45) is 1.66. The summed E-state index contributed by atoms with van der Waals surface area (Å²) in [5, 5.41) is 6.33. The van der Waals surface area contributed by atoms with E-state index in [1.54, 1.807) is 17.5 Å². The summed E-state index contributed by atoms with van der Waals surface area (Å²) < 4.78 is 4.72. The molecule has 1 heterocycles. The molecule has 0 radical (unpaired) electrons. The molecular formula is C15H20N2O5S. The Bertz CT molecular complexity index is 542. The number of hydrogen-bond acceptors (Lipinski definition) is 6. The van der Waals surface area contributed by atoms with Crippen LogP contribution in [0.2, 0.25) is 0 Å². The van der Waals surface area contributed by atoms with Gasteiger partial charge in [-0.1, -0.05) is 19.4 Å². The van der Waals surface area contributed by atoms with Crippen molar-refractivity contribution in [3.8, 4) is 0 Å². The summed E-state index contributed by atoms with van der Waals surface area (Å²) in [7, 11) is 0. The van der Waals surface area contributed by atoms with Gasteiger partial charge in [0.15, 0.2) is 12.4 Å². The lowest BCUT2D eigenvalue weighted by molar-refractivity contribution is -0.148. The highest BCUT2D eigenvalue weighted by Crippen LogP contribution is 2.12. The minimum atomic E-state index is -0.711. The fraction of sp³-hybridized carbons (Fsp3) is 0.467. The molecule has 0 saturated carbocycles. The molecule has 8 heteroatoms. The average molecular weight is 340 g/mol. The normalized spacial score (nSPS) is 9.96. The molecule has 0 unspecified atom stereocenters. The standard InChI is InChI=1S/C15H20N2O5S/c1-2-3-8-16-15(21)17-13(19)10-22-14(20)7-6-11(18)12-5-4-9-23-12/h4-5,9H,2-3,6-8,10H2,1H3,(H2,16,17,19,21). The fourth-order valence-corrected chi connectivity index (χ4v) is 2.27. The van der Waals surface area contributed by atoms with Crippen molar-refractivity contribution in [2.45, 2.75) is 32.6 Å². The lowest BCUT2D eigenvalue weighted by Crippen LogP contribution is -2.41. The van der Waals surface area contributed by atoms with Gasteiger partial charge in [-0.05, 0) is 17.9 Å². The molecule has 3 amide bonds. The highest BCUT2D eigenvalue weighted by molar-refractivity contribution is 7.12. The predicted molar refractivity (Wildman–Crippen MR) is 85.3 cm³/mol. The largest absolute Gasteiger partial charge is 0.456 e. The van der Waals surface area contributed by atoms with Crippen molar-refractivity contribution in [2.75, 3.05) is 13.2 Å². The maximum Gasteiger partial charge on any atom is 0.321 e. The van der Waals surface area contributed by atoms with Crippen molar-refractivity contribution in [3.63, 3.8) is 0 Å². The van der Waals surface area contributed by atoms with Gasteiger partial charge in [0.2, 0.25) is 0 Å². The molecule has 0 saturated heterocycles. The van der Waals surface area contributed by atoms with Crippen molar-refractivity contribution in [1.29, 1.82) is 0 Å². The number of urea groups is 1. The molecule has 0 aliphatic heterocycles. The summed E-state index contributed by atoms with van der Waals surface area (Å²) in [5.74, 6) is -1.51. The molecule has 2 N–H and O–H groups in total. The van der Waals surface area contributed by atoms with Crippen molar-refractivity contribution >= 4 is 35.0 Å². The molecule has 0 aliphatic carbocycles. The zero-order valence-corrected chi connectivity index (χ0v) is 13.7. The van der Waals surface area contributed by atoms with Crippen LogP contribution in [0.5, 0.6) is 0 Å². The van der Waals surface area contributed by atoms with Crippen LogP contribution in [-0.2, 0) is 14.3 Å². The van der Waals surface area contributed by atoms with E-state index in [0.29, 0.717) is 11.4 Å². The minimum Gasteiger partial charge on any atom is -0.456 e. The number of amides is 3. The van der Waals surface area contributed by atoms with E-state index in [2.05, 4.69) is 5.32 Å². The van der Waals surface area contributed by atoms with E-state index >= 15 is 0 Å². The van der Waals surface area contributed by atoms with E-state index in [4.69, 9.17) is 4.74 Å². The number of unbranched alkanes of at least 4 members (excludes halogenated alkanes) is 1. The molecule has 0 fully saturated rings. The van der Waals surface area contributed by atoms with Gasteiger partial charge in [-0.3, -0.25) is 19.7 Å². The third-order valence-electron chi connectivity index (χ3n) is 2.79. The van der Waals surface area contributed by atoms with Gasteiger partial charge in [-0.25, -0.2) is 4.79 Å². The van der Waals surface area contributed by atoms with Gasteiger partial charge in [0.25, 0.3) is 5.91 Å². The first-order valence-corrected chi connectivity index (χ1v) is 8.21. The number of hydrogen-bond donors (Lipinski definition) is 2. The Balaban J connectivity index is 2.16. The molecule has 1 rings (SSSR count). The number of esters is 1. The van der Waals surface area contributed by atoms with Crippen molar-refractivity contribution in [1.82, 2.24) is 10.6 Å². The van der Waals surface area contributed by atoms with Gasteiger partial charge in [-0.2, -0.15) is 0 Å². The predicted octanol–water partition coefficient (Wildman–Crippen LogP) is 1.88. The smallest absolute Gasteiger partial charge is 0.321 e. The van der Waals surface area contributed by atoms with E-state index < -0.39 is 24.5 Å². The highest BCUT2D eigenvalue weighted by atomic mass is 32.1. The monoisotopic (exact) mass is 340 g/mol. The lowest BCUT2D eigenvalue weighted by Gasteiger charge is -2.07. The number of carbonyl (C=O) groups excluding carboxylic acids is 4. The fourth-order valence-electron chi connectivity index (χ4n) is 1.58. The summed E-state index contributed by atoms with van der Waals surface area (Å²) in [5.41, 5.74) is 0. The van der Waals surface area contributed by atoms with E-state index in [1.807, 2.05) is 12.2 Å². The van der Waals surface area contributed by atoms with Crippen molar-refractivity contribution in [3.05, 3.63) is 22.4 Å². The maximum absolute atomic E-state index is 11.7. The number of Topliss-reactive ketones (excluding diaryl/α,β-unsaturated/α-hetero) is 1. The van der Waals surface area contributed by atoms with Crippen molar-refractivity contribution < 1.29 is 23.9 Å². The van der Waals surface area contributed by atoms with Gasteiger partial charge in [0.1, 0.15) is 0 Å². The Kier molecular flexibility index (Phi) is 8.59. The zero-order chi connectivity index (χ0) is 17.1. The van der Waals surface area contributed by atoms with Gasteiger partial charge in [-0.15, -0.1) is 11.3 Å². The topological polar surface area (TPSA) is 102 Å². The number of imide groups is 1. The number of ether oxygens (including phenoxy) is 1. The Morgan fingerprint density at radius 1 is 1.22 bits per heavy atom. The maximum atomic E-state index is 11.7. The number of ketones is 1. The number of carbonyl (C=O) groups is 4. The molecular weight excluding hydrogens is 320 g/mol. The molecule has 0 aliphatic rings. The Hall–Kier alpha value is -2.22. The Morgan fingerprint density at radius 3 is 2.65 bits per heavy atom. The van der Waals surface area contributed by atoms with Crippen molar-refractivity contribution in [2.24, 2.45) is 0 Å². The zero-order valence-electron chi connectivity index (χ0n) is 12.9. The Labute approximate surface area is 138 Å². The van der Waals surface area contributed by atoms with Gasteiger partial charge >= 0.3 is 12.0 Å². The SMILES string of the molecule is CCCCNC(=O)NC(=O)COC(=O)CCC(=O)c1cccs1. The average Bonchev–Trinajstić information content (AvgIpc) is 3.05. The van der Waals surface area contributed by atoms with Crippen LogP contribution in [0.3, 0.4) is 0 Å². The summed E-state index contributed by atoms with van der Waals surface area (Å²) in [6, 6.07) is 2.82. The molecule has 0 atom stereocenters. The van der Waals surface area contributed by atoms with Crippen LogP contribution in [0.15, 0.2) is 17.5 Å². The number of thiophene rings is 1. The minimum absolute atomic E-state index is 0.0263. The number of rotatable bonds is 9. The van der Waals surface area contributed by atoms with Gasteiger partial charge in [0, 0.05) is 13.0 Å². The van der Waals surface area contributed by atoms with Gasteiger partial charge < -0.3 is 10.1 Å². The highest BCUT2D eigenvalue weighted by Gasteiger charge is 2.13. The first kappa shape index (κ1) is 18.8. The van der Waals surface area contributed by atoms with Crippen LogP contribution in [0.4, 0.5) is 4.79 Å². The van der Waals surface area contributed by atoms with Crippen LogP contribution in [0, 0.1) is 0 Å². The van der Waals surface area contributed by atoms with E-state index in [9.17, 15) is 19.2 Å². The lowest BCUT2D eigenvalue weighted by atomic mass is 10.2.